The van der Waals surface area contributed by atoms with Crippen molar-refractivity contribution in [3.63, 3.8) is 0 Å². The molecule has 0 aromatic heterocycles. The largest absolute Gasteiger partial charge is 0.493 e. The van der Waals surface area contributed by atoms with Crippen molar-refractivity contribution in [1.29, 1.82) is 0 Å². The Balaban J connectivity index is 2.15. The van der Waals surface area contributed by atoms with Crippen molar-refractivity contribution in [2.75, 3.05) is 33.4 Å². The van der Waals surface area contributed by atoms with E-state index in [2.05, 4.69) is 34.2 Å². The number of benzene rings is 1. The van der Waals surface area contributed by atoms with Crippen LogP contribution in [0.15, 0.2) is 22.7 Å². The number of hydrogen-bond acceptors (Lipinski definition) is 3. The molecule has 1 aromatic carbocycles. The van der Waals surface area contributed by atoms with Gasteiger partial charge in [-0.3, -0.25) is 0 Å². The van der Waals surface area contributed by atoms with Crippen LogP contribution in [0.1, 0.15) is 12.0 Å². The van der Waals surface area contributed by atoms with E-state index in [1.807, 2.05) is 12.1 Å². The van der Waals surface area contributed by atoms with Crippen LogP contribution in [0.5, 0.6) is 5.75 Å². The van der Waals surface area contributed by atoms with Crippen molar-refractivity contribution in [2.24, 2.45) is 0 Å². The molecule has 0 aliphatic rings. The maximum atomic E-state index is 5.72. The molecule has 17 heavy (non-hydrogen) atoms. The van der Waals surface area contributed by atoms with E-state index in [0.717, 1.165) is 42.9 Å². The molecule has 3 nitrogen and oxygen atoms in total. The quantitative estimate of drug-likeness (QED) is 0.749. The van der Waals surface area contributed by atoms with Crippen LogP contribution in [0.3, 0.4) is 0 Å². The Labute approximate surface area is 112 Å². The van der Waals surface area contributed by atoms with E-state index < -0.39 is 0 Å². The van der Waals surface area contributed by atoms with Gasteiger partial charge in [0.15, 0.2) is 0 Å². The monoisotopic (exact) mass is 301 g/mol. The van der Waals surface area contributed by atoms with Gasteiger partial charge in [0.2, 0.25) is 0 Å². The number of methoxy groups -OCH3 is 1. The molecular formula is C13H20BrNO2. The zero-order valence-electron chi connectivity index (χ0n) is 10.5. The molecule has 0 unspecified atom stereocenters. The summed E-state index contributed by atoms with van der Waals surface area (Å²) in [6.07, 6.45) is 0.996. The number of rotatable bonds is 8. The summed E-state index contributed by atoms with van der Waals surface area (Å²) in [4.78, 5) is 0. The smallest absolute Gasteiger partial charge is 0.123 e. The van der Waals surface area contributed by atoms with E-state index in [1.54, 1.807) is 7.11 Å². The first-order valence-electron chi connectivity index (χ1n) is 5.82. The summed E-state index contributed by atoms with van der Waals surface area (Å²) < 4.78 is 11.7. The van der Waals surface area contributed by atoms with Gasteiger partial charge < -0.3 is 14.8 Å². The second-order valence-corrected chi connectivity index (χ2v) is 4.77. The third-order valence-electron chi connectivity index (χ3n) is 2.39. The summed E-state index contributed by atoms with van der Waals surface area (Å²) in [6.45, 7) is 5.39. The van der Waals surface area contributed by atoms with Crippen LogP contribution in [0.4, 0.5) is 0 Å². The summed E-state index contributed by atoms with van der Waals surface area (Å²) in [7, 11) is 1.71. The average molecular weight is 302 g/mol. The van der Waals surface area contributed by atoms with Gasteiger partial charge in [-0.25, -0.2) is 0 Å². The van der Waals surface area contributed by atoms with E-state index in [-0.39, 0.29) is 0 Å². The molecule has 0 heterocycles. The number of hydrogen-bond donors (Lipinski definition) is 1. The van der Waals surface area contributed by atoms with Crippen molar-refractivity contribution in [3.8, 4) is 5.75 Å². The Morgan fingerprint density at radius 2 is 2.06 bits per heavy atom. The first-order valence-corrected chi connectivity index (χ1v) is 6.62. The number of halogens is 1. The van der Waals surface area contributed by atoms with Crippen LogP contribution in [0, 0.1) is 6.92 Å². The summed E-state index contributed by atoms with van der Waals surface area (Å²) in [6, 6.07) is 6.08. The minimum atomic E-state index is 0.733. The summed E-state index contributed by atoms with van der Waals surface area (Å²) in [5, 5.41) is 3.28. The lowest BCUT2D eigenvalue weighted by Gasteiger charge is -2.09. The van der Waals surface area contributed by atoms with Crippen molar-refractivity contribution in [2.45, 2.75) is 13.3 Å². The highest BCUT2D eigenvalue weighted by molar-refractivity contribution is 9.10. The van der Waals surface area contributed by atoms with Crippen LogP contribution >= 0.6 is 15.9 Å². The molecule has 0 bridgehead atoms. The van der Waals surface area contributed by atoms with E-state index in [4.69, 9.17) is 9.47 Å². The standard InChI is InChI=1S/C13H20BrNO2/c1-11-4-5-12(14)10-13(11)17-8-3-6-15-7-9-16-2/h4-5,10,15H,3,6-9H2,1-2H3. The van der Waals surface area contributed by atoms with Crippen LogP contribution in [0.25, 0.3) is 0 Å². The average Bonchev–Trinajstić information content (AvgIpc) is 2.32. The molecular weight excluding hydrogens is 282 g/mol. The lowest BCUT2D eigenvalue weighted by atomic mass is 10.2. The van der Waals surface area contributed by atoms with E-state index in [0.29, 0.717) is 0 Å². The predicted octanol–water partition coefficient (Wildman–Crippen LogP) is 2.76. The van der Waals surface area contributed by atoms with Gasteiger partial charge in [-0.05, 0) is 37.6 Å². The maximum absolute atomic E-state index is 5.72. The normalized spacial score (nSPS) is 10.5. The molecule has 96 valence electrons. The van der Waals surface area contributed by atoms with Gasteiger partial charge in [-0.1, -0.05) is 22.0 Å². The Morgan fingerprint density at radius 3 is 2.82 bits per heavy atom. The Hall–Kier alpha value is -0.580. The van der Waals surface area contributed by atoms with Gasteiger partial charge in [0.25, 0.3) is 0 Å². The molecule has 0 amide bonds. The second-order valence-electron chi connectivity index (χ2n) is 3.85. The van der Waals surface area contributed by atoms with Gasteiger partial charge in [-0.2, -0.15) is 0 Å². The van der Waals surface area contributed by atoms with Gasteiger partial charge in [0, 0.05) is 18.1 Å². The van der Waals surface area contributed by atoms with Crippen LogP contribution < -0.4 is 10.1 Å². The van der Waals surface area contributed by atoms with Gasteiger partial charge in [0.05, 0.1) is 13.2 Å². The molecule has 1 aromatic rings. The van der Waals surface area contributed by atoms with E-state index in [9.17, 15) is 0 Å². The molecule has 0 fully saturated rings. The molecule has 4 heteroatoms. The van der Waals surface area contributed by atoms with Crippen molar-refractivity contribution < 1.29 is 9.47 Å². The fourth-order valence-electron chi connectivity index (χ4n) is 1.41. The fourth-order valence-corrected chi connectivity index (χ4v) is 1.75. The van der Waals surface area contributed by atoms with Crippen LogP contribution in [-0.2, 0) is 4.74 Å². The second kappa shape index (κ2) is 8.50. The molecule has 1 rings (SSSR count). The third kappa shape index (κ3) is 6.05. The third-order valence-corrected chi connectivity index (χ3v) is 2.88. The lowest BCUT2D eigenvalue weighted by Crippen LogP contribution is -2.21. The highest BCUT2D eigenvalue weighted by Gasteiger charge is 1.99. The minimum absolute atomic E-state index is 0.733. The Morgan fingerprint density at radius 1 is 1.24 bits per heavy atom. The Bertz CT molecular complexity index is 331. The van der Waals surface area contributed by atoms with Crippen LogP contribution in [0.2, 0.25) is 0 Å². The summed E-state index contributed by atoms with van der Waals surface area (Å²) in [5.74, 6) is 0.955. The van der Waals surface area contributed by atoms with Crippen molar-refractivity contribution >= 4 is 15.9 Å². The number of aryl methyl sites for hydroxylation is 1. The van der Waals surface area contributed by atoms with E-state index >= 15 is 0 Å². The lowest BCUT2D eigenvalue weighted by molar-refractivity contribution is 0.198. The first kappa shape index (κ1) is 14.5. The zero-order valence-corrected chi connectivity index (χ0v) is 12.0. The molecule has 0 radical (unpaired) electrons. The first-order chi connectivity index (χ1) is 8.24. The molecule has 0 atom stereocenters. The molecule has 0 spiro atoms. The van der Waals surface area contributed by atoms with Crippen LogP contribution in [-0.4, -0.2) is 33.4 Å². The molecule has 0 saturated heterocycles. The summed E-state index contributed by atoms with van der Waals surface area (Å²) in [5.41, 5.74) is 1.17. The zero-order chi connectivity index (χ0) is 12.5. The van der Waals surface area contributed by atoms with E-state index in [1.165, 1.54) is 5.56 Å². The summed E-state index contributed by atoms with van der Waals surface area (Å²) >= 11 is 3.44. The topological polar surface area (TPSA) is 30.5 Å². The van der Waals surface area contributed by atoms with Gasteiger partial charge in [0.1, 0.15) is 5.75 Å². The molecule has 1 N–H and O–H groups in total. The van der Waals surface area contributed by atoms with Gasteiger partial charge in [-0.15, -0.1) is 0 Å². The fraction of sp³-hybridized carbons (Fsp3) is 0.538. The molecule has 0 aliphatic carbocycles. The highest BCUT2D eigenvalue weighted by atomic mass is 79.9. The highest BCUT2D eigenvalue weighted by Crippen LogP contribution is 2.22. The Kier molecular flexibility index (Phi) is 7.24. The molecule has 0 saturated carbocycles. The SMILES string of the molecule is COCCNCCCOc1cc(Br)ccc1C. The van der Waals surface area contributed by atoms with Gasteiger partial charge >= 0.3 is 0 Å². The van der Waals surface area contributed by atoms with Crippen molar-refractivity contribution in [1.82, 2.24) is 5.32 Å². The number of ether oxygens (including phenoxy) is 2. The molecule has 0 aliphatic heterocycles. The number of nitrogens with one attached hydrogen (secondary N) is 1. The maximum Gasteiger partial charge on any atom is 0.123 e. The predicted molar refractivity (Wildman–Crippen MR) is 73.7 cm³/mol. The van der Waals surface area contributed by atoms with Crippen molar-refractivity contribution in [3.05, 3.63) is 28.2 Å². The minimum Gasteiger partial charge on any atom is -0.493 e.